The van der Waals surface area contributed by atoms with Gasteiger partial charge in [-0.1, -0.05) is 17.4 Å². The molecular weight excluding hydrogens is 387 g/mol. The molecule has 1 aromatic carbocycles. The molecule has 2 heterocycles. The second kappa shape index (κ2) is 7.15. The number of thiophene rings is 1. The number of alkyl halides is 3. The van der Waals surface area contributed by atoms with Crippen molar-refractivity contribution in [1.82, 2.24) is 4.98 Å². The first-order chi connectivity index (χ1) is 12.4. The summed E-state index contributed by atoms with van der Waals surface area (Å²) in [5.41, 5.74) is 0.710. The Balaban J connectivity index is 1.83. The molecule has 10 heteroatoms. The van der Waals surface area contributed by atoms with E-state index in [4.69, 9.17) is 0 Å². The van der Waals surface area contributed by atoms with Gasteiger partial charge in [-0.25, -0.2) is 4.98 Å². The highest BCUT2D eigenvalue weighted by molar-refractivity contribution is 7.17. The third kappa shape index (κ3) is 4.19. The zero-order valence-corrected chi connectivity index (χ0v) is 14.3. The van der Waals surface area contributed by atoms with Crippen LogP contribution >= 0.6 is 22.7 Å². The van der Waals surface area contributed by atoms with Crippen molar-refractivity contribution >= 4 is 33.7 Å². The third-order valence-corrected chi connectivity index (χ3v) is 4.80. The van der Waals surface area contributed by atoms with Crippen molar-refractivity contribution in [1.29, 1.82) is 5.26 Å². The number of hydrogen-bond acceptors (Lipinski definition) is 6. The van der Waals surface area contributed by atoms with Crippen molar-refractivity contribution in [3.63, 3.8) is 0 Å². The van der Waals surface area contributed by atoms with E-state index in [-0.39, 0.29) is 27.4 Å². The Morgan fingerprint density at radius 3 is 2.54 bits per heavy atom. The molecule has 0 aliphatic heterocycles. The molecule has 0 bridgehead atoms. The average Bonchev–Trinajstić information content (AvgIpc) is 3.23. The molecule has 5 nitrogen and oxygen atoms in total. The van der Waals surface area contributed by atoms with E-state index in [0.29, 0.717) is 10.4 Å². The largest absolute Gasteiger partial charge is 0.573 e. The van der Waals surface area contributed by atoms with E-state index in [9.17, 15) is 23.2 Å². The van der Waals surface area contributed by atoms with Crippen LogP contribution in [0.1, 0.15) is 14.5 Å². The molecule has 3 aromatic rings. The van der Waals surface area contributed by atoms with E-state index in [1.54, 1.807) is 17.5 Å². The first kappa shape index (κ1) is 17.9. The zero-order chi connectivity index (χ0) is 18.7. The van der Waals surface area contributed by atoms with Crippen LogP contribution in [-0.4, -0.2) is 17.3 Å². The molecule has 132 valence electrons. The minimum atomic E-state index is -4.78. The Kier molecular flexibility index (Phi) is 4.92. The average molecular weight is 395 g/mol. The van der Waals surface area contributed by atoms with Crippen LogP contribution in [0, 0.1) is 11.3 Å². The maximum Gasteiger partial charge on any atom is 0.573 e. The van der Waals surface area contributed by atoms with Crippen LogP contribution in [0.4, 0.5) is 18.3 Å². The number of carbonyl (C=O) groups is 1. The van der Waals surface area contributed by atoms with Crippen LogP contribution in [0.2, 0.25) is 0 Å². The van der Waals surface area contributed by atoms with Crippen LogP contribution in [0.5, 0.6) is 5.75 Å². The second-order valence-electron chi connectivity index (χ2n) is 4.81. The summed E-state index contributed by atoms with van der Waals surface area (Å²) in [5.74, 6) is -0.722. The number of nitrogens with one attached hydrogen (secondary N) is 1. The number of benzene rings is 1. The highest BCUT2D eigenvalue weighted by Crippen LogP contribution is 2.32. The lowest BCUT2D eigenvalue weighted by atomic mass is 10.1. The number of anilines is 1. The maximum absolute atomic E-state index is 12.2. The zero-order valence-electron chi connectivity index (χ0n) is 12.7. The number of carbonyl (C=O) groups excluding carboxylic acids is 1. The molecule has 1 amide bonds. The Hall–Kier alpha value is -2.90. The number of nitrogens with zero attached hydrogens (tertiary/aromatic N) is 2. The van der Waals surface area contributed by atoms with E-state index < -0.39 is 6.36 Å². The van der Waals surface area contributed by atoms with Gasteiger partial charge in [0, 0.05) is 5.56 Å². The van der Waals surface area contributed by atoms with Crippen molar-refractivity contribution < 1.29 is 22.7 Å². The predicted octanol–water partition coefficient (Wildman–Crippen LogP) is 4.89. The number of halogens is 3. The summed E-state index contributed by atoms with van der Waals surface area (Å²) < 4.78 is 40.4. The van der Waals surface area contributed by atoms with E-state index in [2.05, 4.69) is 15.0 Å². The van der Waals surface area contributed by atoms with Gasteiger partial charge in [0.15, 0.2) is 5.13 Å². The van der Waals surface area contributed by atoms with Crippen molar-refractivity contribution in [3.8, 4) is 23.1 Å². The lowest BCUT2D eigenvalue weighted by molar-refractivity contribution is -0.274. The molecule has 0 saturated heterocycles. The lowest BCUT2D eigenvalue weighted by Gasteiger charge is -2.08. The van der Waals surface area contributed by atoms with Gasteiger partial charge in [-0.05, 0) is 35.7 Å². The molecule has 26 heavy (non-hydrogen) atoms. The van der Waals surface area contributed by atoms with Crippen LogP contribution in [0.25, 0.3) is 11.3 Å². The van der Waals surface area contributed by atoms with Crippen LogP contribution in [0.3, 0.4) is 0 Å². The number of hydrogen-bond donors (Lipinski definition) is 1. The monoisotopic (exact) mass is 395 g/mol. The third-order valence-electron chi connectivity index (χ3n) is 3.06. The van der Waals surface area contributed by atoms with Gasteiger partial charge >= 0.3 is 6.36 Å². The molecule has 0 spiro atoms. The minimum Gasteiger partial charge on any atom is -0.406 e. The molecule has 0 saturated carbocycles. The molecule has 0 fully saturated rings. The van der Waals surface area contributed by atoms with Crippen molar-refractivity contribution in [3.05, 3.63) is 51.5 Å². The van der Waals surface area contributed by atoms with Gasteiger partial charge in [-0.2, -0.15) is 5.26 Å². The number of ether oxygens (including phenoxy) is 1. The van der Waals surface area contributed by atoms with Gasteiger partial charge in [0.05, 0.1) is 4.88 Å². The molecule has 0 aliphatic carbocycles. The second-order valence-corrected chi connectivity index (χ2v) is 6.76. The standard InChI is InChI=1S/C16H8F3N3O2S2/c17-16(18,19)24-10-5-3-9(4-6-10)13-12(8-20)26-15(21-13)22-14(23)11-2-1-7-25-11/h1-7H,(H,21,22,23). The summed E-state index contributed by atoms with van der Waals surface area (Å²) in [4.78, 5) is 17.0. The number of nitriles is 1. The van der Waals surface area contributed by atoms with Crippen molar-refractivity contribution in [2.45, 2.75) is 6.36 Å². The first-order valence-electron chi connectivity index (χ1n) is 6.97. The van der Waals surface area contributed by atoms with Crippen LogP contribution in [0.15, 0.2) is 41.8 Å². The lowest BCUT2D eigenvalue weighted by Crippen LogP contribution is -2.16. The molecule has 1 N–H and O–H groups in total. The van der Waals surface area contributed by atoms with Gasteiger partial charge < -0.3 is 4.74 Å². The topological polar surface area (TPSA) is 75.0 Å². The van der Waals surface area contributed by atoms with Crippen molar-refractivity contribution in [2.24, 2.45) is 0 Å². The van der Waals surface area contributed by atoms with Crippen molar-refractivity contribution in [2.75, 3.05) is 5.32 Å². The van der Waals surface area contributed by atoms with Gasteiger partial charge in [-0.3, -0.25) is 10.1 Å². The highest BCUT2D eigenvalue weighted by atomic mass is 32.1. The fourth-order valence-corrected chi connectivity index (χ4v) is 3.42. The number of thiazole rings is 1. The van der Waals surface area contributed by atoms with E-state index in [1.807, 2.05) is 6.07 Å². The summed E-state index contributed by atoms with van der Waals surface area (Å²) in [6.45, 7) is 0. The Bertz CT molecular complexity index is 958. The Morgan fingerprint density at radius 1 is 1.23 bits per heavy atom. The first-order valence-corrected chi connectivity index (χ1v) is 8.67. The molecule has 0 aliphatic rings. The Morgan fingerprint density at radius 2 is 1.96 bits per heavy atom. The van der Waals surface area contributed by atoms with Gasteiger partial charge in [0.25, 0.3) is 5.91 Å². The summed E-state index contributed by atoms with van der Waals surface area (Å²) >= 11 is 2.25. The summed E-state index contributed by atoms with van der Waals surface area (Å²) in [5, 5.41) is 13.8. The van der Waals surface area contributed by atoms with Gasteiger partial charge in [0.2, 0.25) is 0 Å². The van der Waals surface area contributed by atoms with Gasteiger partial charge in [0.1, 0.15) is 22.4 Å². The van der Waals surface area contributed by atoms with E-state index in [1.165, 1.54) is 23.5 Å². The fourth-order valence-electron chi connectivity index (χ4n) is 2.03. The molecule has 0 radical (unpaired) electrons. The highest BCUT2D eigenvalue weighted by Gasteiger charge is 2.31. The number of aromatic nitrogens is 1. The molecule has 3 rings (SSSR count). The number of amides is 1. The van der Waals surface area contributed by atoms with E-state index in [0.717, 1.165) is 23.5 Å². The minimum absolute atomic E-state index is 0.227. The molecule has 0 atom stereocenters. The summed E-state index contributed by atoms with van der Waals surface area (Å²) in [6, 6.07) is 10.3. The molecular formula is C16H8F3N3O2S2. The normalized spacial score (nSPS) is 11.0. The van der Waals surface area contributed by atoms with Crippen LogP contribution < -0.4 is 10.1 Å². The fraction of sp³-hybridized carbons (Fsp3) is 0.0625. The smallest absolute Gasteiger partial charge is 0.406 e. The molecule has 2 aromatic heterocycles. The molecule has 0 unspecified atom stereocenters. The van der Waals surface area contributed by atoms with Crippen LogP contribution in [-0.2, 0) is 0 Å². The number of rotatable bonds is 4. The predicted molar refractivity (Wildman–Crippen MR) is 91.2 cm³/mol. The summed E-state index contributed by atoms with van der Waals surface area (Å²) in [6.07, 6.45) is -4.78. The quantitative estimate of drug-likeness (QED) is 0.682. The summed E-state index contributed by atoms with van der Waals surface area (Å²) in [7, 11) is 0. The maximum atomic E-state index is 12.2. The van der Waals surface area contributed by atoms with E-state index >= 15 is 0 Å². The van der Waals surface area contributed by atoms with Gasteiger partial charge in [-0.15, -0.1) is 24.5 Å². The Labute approximate surface area is 153 Å². The SMILES string of the molecule is N#Cc1sc(NC(=O)c2cccs2)nc1-c1ccc(OC(F)(F)F)cc1.